The normalized spacial score (nSPS) is 10.7. The molecule has 0 spiro atoms. The molecule has 3 aromatic rings. The van der Waals surface area contributed by atoms with Gasteiger partial charge in [0.2, 0.25) is 0 Å². The van der Waals surface area contributed by atoms with Crippen LogP contribution >= 0.6 is 11.3 Å². The third-order valence-corrected chi connectivity index (χ3v) is 4.25. The minimum absolute atomic E-state index is 0.320. The van der Waals surface area contributed by atoms with Crippen LogP contribution in [0.1, 0.15) is 21.5 Å². The largest absolute Gasteiger partial charge is 0.478 e. The average molecular weight is 298 g/mol. The Balaban J connectivity index is 1.91. The maximum atomic E-state index is 11.0. The molecule has 1 N–H and O–H groups in total. The van der Waals surface area contributed by atoms with E-state index in [1.807, 2.05) is 36.7 Å². The zero-order chi connectivity index (χ0) is 14.8. The highest BCUT2D eigenvalue weighted by molar-refractivity contribution is 7.13. The highest BCUT2D eigenvalue weighted by atomic mass is 32.1. The Morgan fingerprint density at radius 1 is 1.38 bits per heavy atom. The predicted molar refractivity (Wildman–Crippen MR) is 82.8 cm³/mol. The molecule has 2 heterocycles. The molecule has 0 aliphatic carbocycles. The van der Waals surface area contributed by atoms with Crippen molar-refractivity contribution in [3.05, 3.63) is 64.8 Å². The molecule has 3 rings (SSSR count). The first-order valence-corrected chi connectivity index (χ1v) is 7.41. The van der Waals surface area contributed by atoms with Crippen molar-refractivity contribution >= 4 is 17.3 Å². The Hall–Kier alpha value is -2.40. The van der Waals surface area contributed by atoms with Crippen LogP contribution < -0.4 is 0 Å². The summed E-state index contributed by atoms with van der Waals surface area (Å²) in [7, 11) is 0. The summed E-state index contributed by atoms with van der Waals surface area (Å²) in [4.78, 5) is 16.5. The number of thiophene rings is 1. The quantitative estimate of drug-likeness (QED) is 0.799. The molecular weight excluding hydrogens is 284 g/mol. The number of carboxylic acid groups (broad SMARTS) is 1. The van der Waals surface area contributed by atoms with E-state index < -0.39 is 5.97 Å². The molecule has 0 amide bonds. The van der Waals surface area contributed by atoms with E-state index in [0.29, 0.717) is 12.1 Å². The molecule has 1 aromatic carbocycles. The molecule has 106 valence electrons. The lowest BCUT2D eigenvalue weighted by Crippen LogP contribution is -2.04. The highest BCUT2D eigenvalue weighted by Gasteiger charge is 2.10. The molecule has 21 heavy (non-hydrogen) atoms. The van der Waals surface area contributed by atoms with Crippen LogP contribution in [0.2, 0.25) is 0 Å². The molecule has 0 fully saturated rings. The van der Waals surface area contributed by atoms with Crippen molar-refractivity contribution in [3.8, 4) is 10.7 Å². The third kappa shape index (κ3) is 2.73. The lowest BCUT2D eigenvalue weighted by atomic mass is 10.1. The molecule has 4 nitrogen and oxygen atoms in total. The second kappa shape index (κ2) is 5.54. The average Bonchev–Trinajstić information content (AvgIpc) is 3.11. The van der Waals surface area contributed by atoms with E-state index >= 15 is 0 Å². The smallest absolute Gasteiger partial charge is 0.335 e. The van der Waals surface area contributed by atoms with Gasteiger partial charge in [-0.3, -0.25) is 0 Å². The van der Waals surface area contributed by atoms with Gasteiger partial charge in [-0.1, -0.05) is 12.1 Å². The number of aromatic carboxylic acids is 1. The second-order valence-electron chi connectivity index (χ2n) is 4.80. The molecule has 0 unspecified atom stereocenters. The van der Waals surface area contributed by atoms with Gasteiger partial charge >= 0.3 is 5.97 Å². The fourth-order valence-electron chi connectivity index (χ4n) is 2.26. The highest BCUT2D eigenvalue weighted by Crippen LogP contribution is 2.24. The summed E-state index contributed by atoms with van der Waals surface area (Å²) < 4.78 is 2.08. The molecule has 0 bridgehead atoms. The van der Waals surface area contributed by atoms with Gasteiger partial charge in [-0.2, -0.15) is 0 Å². The van der Waals surface area contributed by atoms with Gasteiger partial charge in [0, 0.05) is 18.9 Å². The fourth-order valence-corrected chi connectivity index (χ4v) is 2.99. The molecule has 0 atom stereocenters. The number of hydrogen-bond acceptors (Lipinski definition) is 3. The summed E-state index contributed by atoms with van der Waals surface area (Å²) in [5, 5.41) is 11.0. The van der Waals surface area contributed by atoms with E-state index in [1.165, 1.54) is 0 Å². The van der Waals surface area contributed by atoms with Crippen LogP contribution in [-0.2, 0) is 6.54 Å². The van der Waals surface area contributed by atoms with E-state index in [4.69, 9.17) is 5.11 Å². The van der Waals surface area contributed by atoms with Crippen LogP contribution in [0.4, 0.5) is 0 Å². The molecule has 2 aromatic heterocycles. The minimum Gasteiger partial charge on any atom is -0.478 e. The standard InChI is InChI=1S/C16H14N2O2S/c1-11-9-12(16(19)20)4-5-13(11)10-18-7-6-17-15(18)14-3-2-8-21-14/h2-9H,10H2,1H3,(H,19,20). The van der Waals surface area contributed by atoms with Crippen LogP contribution in [0.25, 0.3) is 10.7 Å². The van der Waals surface area contributed by atoms with Crippen LogP contribution in [0, 0.1) is 6.92 Å². The number of rotatable bonds is 4. The van der Waals surface area contributed by atoms with E-state index in [-0.39, 0.29) is 0 Å². The van der Waals surface area contributed by atoms with E-state index in [2.05, 4.69) is 9.55 Å². The molecule has 0 saturated carbocycles. The summed E-state index contributed by atoms with van der Waals surface area (Å²) >= 11 is 1.65. The van der Waals surface area contributed by atoms with Gasteiger partial charge in [0.05, 0.1) is 10.4 Å². The van der Waals surface area contributed by atoms with Gasteiger partial charge < -0.3 is 9.67 Å². The van der Waals surface area contributed by atoms with Crippen molar-refractivity contribution in [2.75, 3.05) is 0 Å². The zero-order valence-electron chi connectivity index (χ0n) is 11.5. The van der Waals surface area contributed by atoms with E-state index in [0.717, 1.165) is 21.8 Å². The van der Waals surface area contributed by atoms with Gasteiger partial charge in [0.1, 0.15) is 5.82 Å². The summed E-state index contributed by atoms with van der Waals surface area (Å²) in [6.45, 7) is 2.61. The van der Waals surface area contributed by atoms with Crippen LogP contribution in [0.5, 0.6) is 0 Å². The van der Waals surface area contributed by atoms with Crippen molar-refractivity contribution < 1.29 is 9.90 Å². The SMILES string of the molecule is Cc1cc(C(=O)O)ccc1Cn1ccnc1-c1cccs1. The molecular formula is C16H14N2O2S. The number of imidazole rings is 1. The summed E-state index contributed by atoms with van der Waals surface area (Å²) in [5.41, 5.74) is 2.39. The van der Waals surface area contributed by atoms with Crippen LogP contribution in [-0.4, -0.2) is 20.6 Å². The summed E-state index contributed by atoms with van der Waals surface area (Å²) in [5.74, 6) is 0.0401. The first kappa shape index (κ1) is 13.6. The molecule has 0 aliphatic heterocycles. The Labute approximate surface area is 126 Å². The van der Waals surface area contributed by atoms with Gasteiger partial charge in [0.25, 0.3) is 0 Å². The molecule has 0 radical (unpaired) electrons. The van der Waals surface area contributed by atoms with Gasteiger partial charge in [-0.05, 0) is 41.6 Å². The monoisotopic (exact) mass is 298 g/mol. The number of aryl methyl sites for hydroxylation is 1. The molecule has 0 saturated heterocycles. The van der Waals surface area contributed by atoms with Gasteiger partial charge in [-0.25, -0.2) is 9.78 Å². The lowest BCUT2D eigenvalue weighted by Gasteiger charge is -2.10. The van der Waals surface area contributed by atoms with Crippen molar-refractivity contribution in [3.63, 3.8) is 0 Å². The zero-order valence-corrected chi connectivity index (χ0v) is 12.3. The number of nitrogens with zero attached hydrogens (tertiary/aromatic N) is 2. The lowest BCUT2D eigenvalue weighted by molar-refractivity contribution is 0.0697. The number of hydrogen-bond donors (Lipinski definition) is 1. The predicted octanol–water partition coefficient (Wildman–Crippen LogP) is 3.67. The number of benzene rings is 1. The number of aromatic nitrogens is 2. The molecule has 5 heteroatoms. The number of carbonyl (C=O) groups is 1. The van der Waals surface area contributed by atoms with E-state index in [1.54, 1.807) is 29.7 Å². The van der Waals surface area contributed by atoms with Crippen molar-refractivity contribution in [2.24, 2.45) is 0 Å². The number of carboxylic acids is 1. The van der Waals surface area contributed by atoms with Crippen LogP contribution in [0.3, 0.4) is 0 Å². The van der Waals surface area contributed by atoms with Crippen molar-refractivity contribution in [1.82, 2.24) is 9.55 Å². The van der Waals surface area contributed by atoms with Crippen molar-refractivity contribution in [2.45, 2.75) is 13.5 Å². The fraction of sp³-hybridized carbons (Fsp3) is 0.125. The Morgan fingerprint density at radius 3 is 2.90 bits per heavy atom. The molecule has 0 aliphatic rings. The summed E-state index contributed by atoms with van der Waals surface area (Å²) in [6, 6.07) is 9.28. The maximum Gasteiger partial charge on any atom is 0.335 e. The summed E-state index contributed by atoms with van der Waals surface area (Å²) in [6.07, 6.45) is 3.73. The topological polar surface area (TPSA) is 55.1 Å². The first-order valence-electron chi connectivity index (χ1n) is 6.53. The minimum atomic E-state index is -0.897. The van der Waals surface area contributed by atoms with E-state index in [9.17, 15) is 4.79 Å². The third-order valence-electron chi connectivity index (χ3n) is 3.39. The Kier molecular flexibility index (Phi) is 3.58. The van der Waals surface area contributed by atoms with Crippen LogP contribution in [0.15, 0.2) is 48.1 Å². The van der Waals surface area contributed by atoms with Crippen molar-refractivity contribution in [1.29, 1.82) is 0 Å². The van der Waals surface area contributed by atoms with Gasteiger partial charge in [-0.15, -0.1) is 11.3 Å². The first-order chi connectivity index (χ1) is 10.1. The second-order valence-corrected chi connectivity index (χ2v) is 5.75. The Bertz CT molecular complexity index is 775. The Morgan fingerprint density at radius 2 is 2.24 bits per heavy atom. The maximum absolute atomic E-state index is 11.0. The van der Waals surface area contributed by atoms with Gasteiger partial charge in [0.15, 0.2) is 0 Å².